The predicted octanol–water partition coefficient (Wildman–Crippen LogP) is 1.30. The van der Waals surface area contributed by atoms with Crippen molar-refractivity contribution in [1.82, 2.24) is 4.90 Å². The molecule has 0 spiro atoms. The molecule has 1 aromatic carbocycles. The Morgan fingerprint density at radius 3 is 2.62 bits per heavy atom. The van der Waals surface area contributed by atoms with E-state index in [1.807, 2.05) is 6.07 Å². The van der Waals surface area contributed by atoms with Crippen LogP contribution in [0, 0.1) is 0 Å². The third-order valence-corrected chi connectivity index (χ3v) is 2.87. The maximum atomic E-state index is 5.74. The van der Waals surface area contributed by atoms with E-state index < -0.39 is 0 Å². The second kappa shape index (κ2) is 3.04. The van der Waals surface area contributed by atoms with Crippen LogP contribution >= 0.6 is 0 Å². The number of rotatable bonds is 1. The van der Waals surface area contributed by atoms with Gasteiger partial charge in [-0.25, -0.2) is 0 Å². The Bertz CT molecular complexity index is 318. The number of benzene rings is 1. The normalized spacial score (nSPS) is 20.7. The van der Waals surface area contributed by atoms with Crippen molar-refractivity contribution in [2.75, 3.05) is 19.8 Å². The highest BCUT2D eigenvalue weighted by atomic mass is 15.1. The van der Waals surface area contributed by atoms with E-state index in [9.17, 15) is 0 Å². The highest BCUT2D eigenvalue weighted by Crippen LogP contribution is 2.26. The molecule has 0 bridgehead atoms. The van der Waals surface area contributed by atoms with Gasteiger partial charge < -0.3 is 10.6 Å². The van der Waals surface area contributed by atoms with E-state index in [0.29, 0.717) is 6.04 Å². The van der Waals surface area contributed by atoms with Gasteiger partial charge in [-0.2, -0.15) is 0 Å². The lowest BCUT2D eigenvalue weighted by molar-refractivity contribution is 0.303. The fourth-order valence-corrected chi connectivity index (χ4v) is 1.98. The number of hydrogen-bond acceptors (Lipinski definition) is 2. The number of hydrogen-bond donors (Lipinski definition) is 1. The van der Waals surface area contributed by atoms with Gasteiger partial charge in [0.05, 0.1) is 0 Å². The minimum atomic E-state index is 0.664. The smallest absolute Gasteiger partial charge is 0.0316 e. The maximum Gasteiger partial charge on any atom is 0.0316 e. The molecule has 0 amide bonds. The van der Waals surface area contributed by atoms with Gasteiger partial charge in [0.15, 0.2) is 0 Å². The minimum Gasteiger partial charge on any atom is -0.399 e. The van der Waals surface area contributed by atoms with Gasteiger partial charge in [0, 0.05) is 11.7 Å². The summed E-state index contributed by atoms with van der Waals surface area (Å²) in [6, 6.07) is 6.93. The third kappa shape index (κ3) is 1.54. The lowest BCUT2D eigenvalue weighted by Crippen LogP contribution is -2.27. The number of fused-ring (bicyclic) bond motifs is 1. The van der Waals surface area contributed by atoms with E-state index in [-0.39, 0.29) is 0 Å². The monoisotopic (exact) mass is 176 g/mol. The van der Waals surface area contributed by atoms with Crippen molar-refractivity contribution < 1.29 is 0 Å². The topological polar surface area (TPSA) is 29.3 Å². The molecule has 0 saturated carbocycles. The SMILES string of the molecule is CN(C)C1Cc2ccc(N)cc2C1. The van der Waals surface area contributed by atoms with Crippen LogP contribution in [0.1, 0.15) is 11.1 Å². The van der Waals surface area contributed by atoms with E-state index in [1.165, 1.54) is 17.5 Å². The van der Waals surface area contributed by atoms with Gasteiger partial charge in [-0.05, 0) is 50.2 Å². The third-order valence-electron chi connectivity index (χ3n) is 2.87. The molecule has 0 radical (unpaired) electrons. The summed E-state index contributed by atoms with van der Waals surface area (Å²) in [5.74, 6) is 0. The van der Waals surface area contributed by atoms with E-state index in [2.05, 4.69) is 31.1 Å². The zero-order valence-corrected chi connectivity index (χ0v) is 8.25. The van der Waals surface area contributed by atoms with Crippen molar-refractivity contribution in [1.29, 1.82) is 0 Å². The molecule has 2 rings (SSSR count). The lowest BCUT2D eigenvalue weighted by Gasteiger charge is -2.17. The fraction of sp³-hybridized carbons (Fsp3) is 0.455. The Balaban J connectivity index is 2.25. The van der Waals surface area contributed by atoms with Crippen LogP contribution in [0.2, 0.25) is 0 Å². The largest absolute Gasteiger partial charge is 0.399 e. The molecule has 1 aliphatic carbocycles. The van der Waals surface area contributed by atoms with Crippen molar-refractivity contribution >= 4 is 5.69 Å². The quantitative estimate of drug-likeness (QED) is 0.653. The summed E-state index contributed by atoms with van der Waals surface area (Å²) in [5, 5.41) is 0. The molecule has 0 aromatic heterocycles. The van der Waals surface area contributed by atoms with Crippen molar-refractivity contribution in [3.05, 3.63) is 29.3 Å². The van der Waals surface area contributed by atoms with Gasteiger partial charge >= 0.3 is 0 Å². The number of anilines is 1. The van der Waals surface area contributed by atoms with Crippen LogP contribution in [0.25, 0.3) is 0 Å². The van der Waals surface area contributed by atoms with Gasteiger partial charge in [-0.15, -0.1) is 0 Å². The van der Waals surface area contributed by atoms with Crippen molar-refractivity contribution in [3.63, 3.8) is 0 Å². The van der Waals surface area contributed by atoms with Gasteiger partial charge in [-0.1, -0.05) is 6.07 Å². The van der Waals surface area contributed by atoms with E-state index in [1.54, 1.807) is 0 Å². The summed E-state index contributed by atoms with van der Waals surface area (Å²) in [6.07, 6.45) is 2.32. The van der Waals surface area contributed by atoms with Gasteiger partial charge in [-0.3, -0.25) is 0 Å². The highest BCUT2D eigenvalue weighted by Gasteiger charge is 2.22. The zero-order valence-electron chi connectivity index (χ0n) is 8.25. The molecule has 1 aliphatic rings. The summed E-state index contributed by atoms with van der Waals surface area (Å²) in [5.41, 5.74) is 9.52. The molecule has 2 N–H and O–H groups in total. The van der Waals surface area contributed by atoms with E-state index in [4.69, 9.17) is 5.73 Å². The first-order chi connectivity index (χ1) is 6.16. The van der Waals surface area contributed by atoms with Gasteiger partial charge in [0.2, 0.25) is 0 Å². The van der Waals surface area contributed by atoms with Crippen LogP contribution in [0.5, 0.6) is 0 Å². The van der Waals surface area contributed by atoms with Gasteiger partial charge in [0.25, 0.3) is 0 Å². The van der Waals surface area contributed by atoms with Crippen LogP contribution in [-0.4, -0.2) is 25.0 Å². The van der Waals surface area contributed by atoms with Crippen LogP contribution in [0.3, 0.4) is 0 Å². The van der Waals surface area contributed by atoms with Crippen LogP contribution in [-0.2, 0) is 12.8 Å². The molecule has 1 atom stereocenters. The molecule has 1 aromatic rings. The second-order valence-corrected chi connectivity index (χ2v) is 4.05. The number of nitrogen functional groups attached to an aromatic ring is 1. The average Bonchev–Trinajstić information content (AvgIpc) is 2.46. The Hall–Kier alpha value is -1.02. The predicted molar refractivity (Wildman–Crippen MR) is 55.7 cm³/mol. The maximum absolute atomic E-state index is 5.74. The fourth-order valence-electron chi connectivity index (χ4n) is 1.98. The molecule has 70 valence electrons. The molecule has 13 heavy (non-hydrogen) atoms. The Labute approximate surface area is 79.4 Å². The summed E-state index contributed by atoms with van der Waals surface area (Å²) >= 11 is 0. The first-order valence-corrected chi connectivity index (χ1v) is 4.70. The van der Waals surface area contributed by atoms with Crippen LogP contribution < -0.4 is 5.73 Å². The minimum absolute atomic E-state index is 0.664. The van der Waals surface area contributed by atoms with Crippen molar-refractivity contribution in [2.45, 2.75) is 18.9 Å². The Morgan fingerprint density at radius 2 is 1.92 bits per heavy atom. The molecular weight excluding hydrogens is 160 g/mol. The van der Waals surface area contributed by atoms with Crippen molar-refractivity contribution in [3.8, 4) is 0 Å². The Morgan fingerprint density at radius 1 is 1.23 bits per heavy atom. The van der Waals surface area contributed by atoms with Crippen LogP contribution in [0.4, 0.5) is 5.69 Å². The molecule has 0 saturated heterocycles. The summed E-state index contributed by atoms with van der Waals surface area (Å²) in [7, 11) is 4.28. The standard InChI is InChI=1S/C11H16N2/c1-13(2)11-6-8-3-4-10(12)5-9(8)7-11/h3-5,11H,6-7,12H2,1-2H3. The first kappa shape index (κ1) is 8.57. The summed E-state index contributed by atoms with van der Waals surface area (Å²) in [4.78, 5) is 2.29. The molecule has 1 unspecified atom stereocenters. The number of nitrogens with zero attached hydrogens (tertiary/aromatic N) is 1. The van der Waals surface area contributed by atoms with Gasteiger partial charge in [0.1, 0.15) is 0 Å². The lowest BCUT2D eigenvalue weighted by atomic mass is 10.1. The second-order valence-electron chi connectivity index (χ2n) is 4.05. The Kier molecular flexibility index (Phi) is 2.00. The first-order valence-electron chi connectivity index (χ1n) is 4.70. The molecular formula is C11H16N2. The molecule has 2 heteroatoms. The molecule has 2 nitrogen and oxygen atoms in total. The average molecular weight is 176 g/mol. The van der Waals surface area contributed by atoms with E-state index >= 15 is 0 Å². The molecule has 0 aliphatic heterocycles. The highest BCUT2D eigenvalue weighted by molar-refractivity contribution is 5.47. The molecule has 0 heterocycles. The van der Waals surface area contributed by atoms with Crippen molar-refractivity contribution in [2.24, 2.45) is 0 Å². The van der Waals surface area contributed by atoms with Crippen LogP contribution in [0.15, 0.2) is 18.2 Å². The zero-order chi connectivity index (χ0) is 9.42. The summed E-state index contributed by atoms with van der Waals surface area (Å²) < 4.78 is 0. The number of likely N-dealkylation sites (N-methyl/N-ethyl adjacent to an activating group) is 1. The van der Waals surface area contributed by atoms with E-state index in [0.717, 1.165) is 12.1 Å². The number of nitrogens with two attached hydrogens (primary N) is 1. The summed E-state index contributed by atoms with van der Waals surface area (Å²) in [6.45, 7) is 0. The molecule has 0 fully saturated rings.